The average Bonchev–Trinajstić information content (AvgIpc) is 2.63. The Kier molecular flexibility index (Phi) is 6.95. The maximum atomic E-state index is 13.5. The van der Waals surface area contributed by atoms with Gasteiger partial charge in [-0.05, 0) is 49.6 Å². The van der Waals surface area contributed by atoms with E-state index in [9.17, 15) is 9.18 Å². The first-order chi connectivity index (χ1) is 12.2. The van der Waals surface area contributed by atoms with Crippen LogP contribution in [0.25, 0.3) is 0 Å². The molecule has 5 nitrogen and oxygen atoms in total. The number of rotatable bonds is 6. The van der Waals surface area contributed by atoms with Crippen molar-refractivity contribution in [2.75, 3.05) is 45.1 Å². The normalized spacial score (nSPS) is 20.8. The molecule has 0 spiro atoms. The van der Waals surface area contributed by atoms with Gasteiger partial charge in [-0.1, -0.05) is 0 Å². The van der Waals surface area contributed by atoms with Gasteiger partial charge >= 0.3 is 6.03 Å². The van der Waals surface area contributed by atoms with E-state index in [1.54, 1.807) is 17.8 Å². The molecular weight excluding hydrogens is 341 g/mol. The molecule has 1 saturated heterocycles. The minimum Gasteiger partial charge on any atom is -0.379 e. The van der Waals surface area contributed by atoms with Gasteiger partial charge in [0.25, 0.3) is 0 Å². The lowest BCUT2D eigenvalue weighted by molar-refractivity contribution is 0.0372. The molecule has 1 aromatic rings. The lowest BCUT2D eigenvalue weighted by Crippen LogP contribution is -2.40. The number of hydrogen-bond acceptors (Lipinski definition) is 4. The largest absolute Gasteiger partial charge is 0.379 e. The smallest absolute Gasteiger partial charge is 0.315 e. The third-order valence-corrected chi connectivity index (χ3v) is 5.73. The third kappa shape index (κ3) is 5.59. The monoisotopic (exact) mass is 367 g/mol. The number of carbonyl (C=O) groups is 1. The molecule has 2 aliphatic heterocycles. The fraction of sp³-hybridized carbons (Fsp3) is 0.611. The van der Waals surface area contributed by atoms with Crippen molar-refractivity contribution in [3.05, 3.63) is 29.6 Å². The number of morpholine rings is 1. The molecule has 138 valence electrons. The molecule has 0 aliphatic carbocycles. The molecule has 2 aliphatic rings. The number of nitrogens with zero attached hydrogens (tertiary/aromatic N) is 1. The van der Waals surface area contributed by atoms with E-state index >= 15 is 0 Å². The van der Waals surface area contributed by atoms with Gasteiger partial charge in [0.05, 0.1) is 19.3 Å². The highest BCUT2D eigenvalue weighted by Crippen LogP contribution is 2.36. The first-order valence-corrected chi connectivity index (χ1v) is 9.97. The summed E-state index contributed by atoms with van der Waals surface area (Å²) < 4.78 is 18.8. The lowest BCUT2D eigenvalue weighted by Gasteiger charge is -2.27. The van der Waals surface area contributed by atoms with Crippen LogP contribution in [-0.2, 0) is 4.74 Å². The average molecular weight is 367 g/mol. The van der Waals surface area contributed by atoms with E-state index in [1.165, 1.54) is 12.1 Å². The van der Waals surface area contributed by atoms with Gasteiger partial charge < -0.3 is 15.4 Å². The second kappa shape index (κ2) is 9.40. The van der Waals surface area contributed by atoms with E-state index in [4.69, 9.17) is 4.74 Å². The molecule has 0 saturated carbocycles. The fourth-order valence-electron chi connectivity index (χ4n) is 3.21. The highest BCUT2D eigenvalue weighted by molar-refractivity contribution is 7.99. The van der Waals surface area contributed by atoms with Crippen molar-refractivity contribution in [3.63, 3.8) is 0 Å². The fourth-order valence-corrected chi connectivity index (χ4v) is 4.32. The molecule has 0 bridgehead atoms. The molecule has 1 atom stereocenters. The number of benzene rings is 1. The zero-order chi connectivity index (χ0) is 17.5. The molecule has 2 N–H and O–H groups in total. The van der Waals surface area contributed by atoms with E-state index in [0.717, 1.165) is 68.3 Å². The summed E-state index contributed by atoms with van der Waals surface area (Å²) >= 11 is 1.71. The summed E-state index contributed by atoms with van der Waals surface area (Å²) in [7, 11) is 0. The van der Waals surface area contributed by atoms with Crippen LogP contribution in [0, 0.1) is 5.82 Å². The van der Waals surface area contributed by atoms with Gasteiger partial charge in [-0.2, -0.15) is 0 Å². The van der Waals surface area contributed by atoms with Gasteiger partial charge in [-0.25, -0.2) is 9.18 Å². The van der Waals surface area contributed by atoms with Crippen LogP contribution in [0.2, 0.25) is 0 Å². The Bertz CT molecular complexity index is 581. The zero-order valence-corrected chi connectivity index (χ0v) is 15.2. The summed E-state index contributed by atoms with van der Waals surface area (Å²) in [5.41, 5.74) is 0.888. The molecule has 2 heterocycles. The van der Waals surface area contributed by atoms with Crippen LogP contribution >= 0.6 is 11.8 Å². The first-order valence-electron chi connectivity index (χ1n) is 8.99. The van der Waals surface area contributed by atoms with Crippen LogP contribution in [-0.4, -0.2) is 56.1 Å². The number of amides is 2. The highest BCUT2D eigenvalue weighted by atomic mass is 32.2. The quantitative estimate of drug-likeness (QED) is 0.759. The second-order valence-electron chi connectivity index (χ2n) is 6.43. The topological polar surface area (TPSA) is 53.6 Å². The Labute approximate surface area is 152 Å². The molecule has 2 amide bonds. The van der Waals surface area contributed by atoms with Crippen molar-refractivity contribution in [1.82, 2.24) is 15.5 Å². The Balaban J connectivity index is 1.36. The number of unbranched alkanes of at least 4 members (excludes halogenated alkanes) is 1. The summed E-state index contributed by atoms with van der Waals surface area (Å²) in [4.78, 5) is 15.6. The standard InChI is InChI=1S/C18H26FN3O2S/c19-14-3-4-17-15(13-14)16(5-12-25-17)21-18(23)20-6-1-2-7-22-8-10-24-11-9-22/h3-4,13,16H,1-2,5-12H2,(H2,20,21,23). The van der Waals surface area contributed by atoms with E-state index < -0.39 is 0 Å². The van der Waals surface area contributed by atoms with E-state index in [1.807, 2.05) is 0 Å². The summed E-state index contributed by atoms with van der Waals surface area (Å²) in [6, 6.07) is 4.53. The van der Waals surface area contributed by atoms with Crippen LogP contribution < -0.4 is 10.6 Å². The highest BCUT2D eigenvalue weighted by Gasteiger charge is 2.22. The van der Waals surface area contributed by atoms with Crippen LogP contribution in [0.4, 0.5) is 9.18 Å². The Morgan fingerprint density at radius 2 is 2.16 bits per heavy atom. The number of nitrogens with one attached hydrogen (secondary N) is 2. The summed E-state index contributed by atoms with van der Waals surface area (Å²) in [5, 5.41) is 5.90. The number of hydrogen-bond donors (Lipinski definition) is 2. The van der Waals surface area contributed by atoms with Gasteiger partial charge in [-0.3, -0.25) is 4.90 Å². The maximum absolute atomic E-state index is 13.5. The molecule has 0 radical (unpaired) electrons. The van der Waals surface area contributed by atoms with Crippen molar-refractivity contribution in [3.8, 4) is 0 Å². The summed E-state index contributed by atoms with van der Waals surface area (Å²) in [6.07, 6.45) is 2.84. The van der Waals surface area contributed by atoms with Crippen LogP contribution in [0.1, 0.15) is 30.9 Å². The van der Waals surface area contributed by atoms with Crippen molar-refractivity contribution in [2.45, 2.75) is 30.2 Å². The minimum atomic E-state index is -0.253. The zero-order valence-electron chi connectivity index (χ0n) is 14.4. The number of fused-ring (bicyclic) bond motifs is 1. The predicted octanol–water partition coefficient (Wildman–Crippen LogP) is 2.77. The van der Waals surface area contributed by atoms with Crippen molar-refractivity contribution >= 4 is 17.8 Å². The van der Waals surface area contributed by atoms with Gasteiger partial charge in [0.1, 0.15) is 5.82 Å². The SMILES string of the molecule is O=C(NCCCCN1CCOCC1)NC1CCSc2ccc(F)cc21. The van der Waals surface area contributed by atoms with Crippen molar-refractivity contribution < 1.29 is 13.9 Å². The first kappa shape index (κ1) is 18.5. The minimum absolute atomic E-state index is 0.111. The van der Waals surface area contributed by atoms with Crippen LogP contribution in [0.15, 0.2) is 23.1 Å². The van der Waals surface area contributed by atoms with Crippen molar-refractivity contribution in [1.29, 1.82) is 0 Å². The van der Waals surface area contributed by atoms with E-state index in [2.05, 4.69) is 15.5 Å². The van der Waals surface area contributed by atoms with Gasteiger partial charge in [0.15, 0.2) is 0 Å². The Morgan fingerprint density at radius 3 is 3.00 bits per heavy atom. The number of urea groups is 1. The number of halogens is 1. The molecule has 3 rings (SSSR count). The maximum Gasteiger partial charge on any atom is 0.315 e. The number of thioether (sulfide) groups is 1. The Morgan fingerprint density at radius 1 is 1.32 bits per heavy atom. The third-order valence-electron chi connectivity index (χ3n) is 4.61. The molecule has 1 aromatic carbocycles. The van der Waals surface area contributed by atoms with E-state index in [0.29, 0.717) is 6.54 Å². The second-order valence-corrected chi connectivity index (χ2v) is 7.57. The lowest BCUT2D eigenvalue weighted by atomic mass is 10.0. The summed E-state index contributed by atoms with van der Waals surface area (Å²) in [6.45, 7) is 5.37. The van der Waals surface area contributed by atoms with Gasteiger partial charge in [0.2, 0.25) is 0 Å². The molecule has 1 unspecified atom stereocenters. The van der Waals surface area contributed by atoms with Gasteiger partial charge in [0, 0.05) is 30.3 Å². The number of ether oxygens (including phenoxy) is 1. The summed E-state index contributed by atoms with van der Waals surface area (Å²) in [5.74, 6) is 0.680. The molecule has 7 heteroatoms. The molecule has 25 heavy (non-hydrogen) atoms. The Hall–Kier alpha value is -1.31. The van der Waals surface area contributed by atoms with Crippen LogP contribution in [0.5, 0.6) is 0 Å². The van der Waals surface area contributed by atoms with Crippen LogP contribution in [0.3, 0.4) is 0 Å². The molecule has 0 aromatic heterocycles. The van der Waals surface area contributed by atoms with Gasteiger partial charge in [-0.15, -0.1) is 11.8 Å². The molecular formula is C18H26FN3O2S. The van der Waals surface area contributed by atoms with E-state index in [-0.39, 0.29) is 17.9 Å². The number of carbonyl (C=O) groups excluding carboxylic acids is 1. The predicted molar refractivity (Wildman–Crippen MR) is 97.5 cm³/mol. The van der Waals surface area contributed by atoms with Crippen molar-refractivity contribution in [2.24, 2.45) is 0 Å². The molecule has 1 fully saturated rings.